The maximum absolute atomic E-state index is 7.06. The lowest BCUT2D eigenvalue weighted by molar-refractivity contribution is 0.216. The van der Waals surface area contributed by atoms with Gasteiger partial charge in [-0.25, -0.2) is 0 Å². The number of nitrogens with one attached hydrogen (secondary N) is 2. The molecule has 0 aliphatic heterocycles. The summed E-state index contributed by atoms with van der Waals surface area (Å²) in [5, 5.41) is 4.97. The van der Waals surface area contributed by atoms with Gasteiger partial charge in [-0.2, -0.15) is 0 Å². The first kappa shape index (κ1) is 17.1. The van der Waals surface area contributed by atoms with Crippen LogP contribution >= 0.6 is 0 Å². The predicted molar refractivity (Wildman–Crippen MR) is 106 cm³/mol. The van der Waals surface area contributed by atoms with Gasteiger partial charge in [-0.15, -0.1) is 0 Å². The zero-order chi connectivity index (χ0) is 18.0. The highest BCUT2D eigenvalue weighted by Crippen LogP contribution is 2.38. The van der Waals surface area contributed by atoms with Crippen LogP contribution in [0.1, 0.15) is 36.8 Å². The molecule has 0 radical (unpaired) electrons. The lowest BCUT2D eigenvalue weighted by Crippen LogP contribution is -2.56. The predicted octanol–water partition coefficient (Wildman–Crippen LogP) is 4.06. The number of aromatic nitrogens is 1. The van der Waals surface area contributed by atoms with Crippen LogP contribution in [0.3, 0.4) is 0 Å². The fourth-order valence-corrected chi connectivity index (χ4v) is 4.34. The molecule has 0 saturated heterocycles. The summed E-state index contributed by atoms with van der Waals surface area (Å²) in [6, 6.07) is 16.8. The van der Waals surface area contributed by atoms with Crippen LogP contribution in [0.25, 0.3) is 10.9 Å². The van der Waals surface area contributed by atoms with E-state index >= 15 is 0 Å². The zero-order valence-electron chi connectivity index (χ0n) is 15.3. The maximum Gasteiger partial charge on any atom is 0.123 e. The van der Waals surface area contributed by atoms with E-state index in [2.05, 4.69) is 52.9 Å². The van der Waals surface area contributed by atoms with Gasteiger partial charge < -0.3 is 20.8 Å². The molecule has 0 spiro atoms. The summed E-state index contributed by atoms with van der Waals surface area (Å²) in [6.07, 6.45) is 6.57. The van der Waals surface area contributed by atoms with Gasteiger partial charge in [-0.1, -0.05) is 49.2 Å². The summed E-state index contributed by atoms with van der Waals surface area (Å²) in [7, 11) is 1.72. The molecule has 1 aliphatic carbocycles. The first-order valence-corrected chi connectivity index (χ1v) is 9.43. The fraction of sp³-hybridized carbons (Fsp3) is 0.364. The van der Waals surface area contributed by atoms with Crippen LogP contribution in [-0.4, -0.2) is 18.1 Å². The van der Waals surface area contributed by atoms with Crippen molar-refractivity contribution in [2.24, 2.45) is 5.73 Å². The smallest absolute Gasteiger partial charge is 0.123 e. The highest BCUT2D eigenvalue weighted by molar-refractivity contribution is 5.84. The molecule has 136 valence electrons. The average molecular weight is 349 g/mol. The van der Waals surface area contributed by atoms with Gasteiger partial charge >= 0.3 is 0 Å². The van der Waals surface area contributed by atoms with Crippen LogP contribution in [0, 0.1) is 0 Å². The summed E-state index contributed by atoms with van der Waals surface area (Å²) in [6.45, 7) is 0.760. The minimum atomic E-state index is -0.361. The third kappa shape index (κ3) is 3.00. The molecule has 1 aliphatic rings. The Balaban J connectivity index is 1.62. The van der Waals surface area contributed by atoms with E-state index in [0.29, 0.717) is 0 Å². The molecule has 4 N–H and O–H groups in total. The number of ether oxygens (including phenoxy) is 1. The van der Waals surface area contributed by atoms with Gasteiger partial charge in [0.15, 0.2) is 0 Å². The number of hydrogen-bond donors (Lipinski definition) is 3. The number of H-pyrrole nitrogens is 1. The summed E-state index contributed by atoms with van der Waals surface area (Å²) < 4.78 is 5.49. The van der Waals surface area contributed by atoms with Crippen molar-refractivity contribution in [3.63, 3.8) is 0 Å². The van der Waals surface area contributed by atoms with Gasteiger partial charge in [0.2, 0.25) is 0 Å². The minimum absolute atomic E-state index is 0.236. The van der Waals surface area contributed by atoms with Gasteiger partial charge in [0, 0.05) is 35.2 Å². The molecule has 26 heavy (non-hydrogen) atoms. The second-order valence-corrected chi connectivity index (χ2v) is 7.28. The molecule has 4 heteroatoms. The van der Waals surface area contributed by atoms with Crippen molar-refractivity contribution in [3.05, 3.63) is 65.9 Å². The maximum atomic E-state index is 7.06. The Bertz CT molecular complexity index is 888. The fourth-order valence-electron chi connectivity index (χ4n) is 4.34. The van der Waals surface area contributed by atoms with Crippen LogP contribution in [-0.2, 0) is 12.1 Å². The lowest BCUT2D eigenvalue weighted by Gasteiger charge is -2.42. The third-order valence-corrected chi connectivity index (χ3v) is 5.78. The van der Waals surface area contributed by atoms with E-state index in [1.165, 1.54) is 29.4 Å². The van der Waals surface area contributed by atoms with E-state index < -0.39 is 0 Å². The number of para-hydroxylation sites is 2. The van der Waals surface area contributed by atoms with Crippen LogP contribution in [0.4, 0.5) is 0 Å². The number of methoxy groups -OCH3 is 1. The second-order valence-electron chi connectivity index (χ2n) is 7.28. The Labute approximate surface area is 154 Å². The van der Waals surface area contributed by atoms with E-state index in [4.69, 9.17) is 10.5 Å². The van der Waals surface area contributed by atoms with Crippen molar-refractivity contribution < 1.29 is 4.74 Å². The molecule has 1 aromatic heterocycles. The van der Waals surface area contributed by atoms with Crippen molar-refractivity contribution in [2.45, 2.75) is 43.8 Å². The van der Waals surface area contributed by atoms with Gasteiger partial charge in [0.1, 0.15) is 5.75 Å². The quantitative estimate of drug-likeness (QED) is 0.651. The topological polar surface area (TPSA) is 63.1 Å². The van der Waals surface area contributed by atoms with Crippen LogP contribution in [0.15, 0.2) is 54.7 Å². The minimum Gasteiger partial charge on any atom is -0.496 e. The first-order chi connectivity index (χ1) is 12.7. The number of rotatable bonds is 5. The monoisotopic (exact) mass is 349 g/mol. The van der Waals surface area contributed by atoms with Crippen molar-refractivity contribution in [1.82, 2.24) is 10.3 Å². The molecule has 4 rings (SSSR count). The average Bonchev–Trinajstić information content (AvgIpc) is 3.12. The molecule has 1 fully saturated rings. The third-order valence-electron chi connectivity index (χ3n) is 5.78. The Hall–Kier alpha value is -2.30. The van der Waals surface area contributed by atoms with Gasteiger partial charge in [0.05, 0.1) is 12.6 Å². The van der Waals surface area contributed by atoms with Crippen LogP contribution < -0.4 is 15.8 Å². The normalized spacial score (nSPS) is 23.2. The van der Waals surface area contributed by atoms with Crippen molar-refractivity contribution in [2.75, 3.05) is 7.11 Å². The van der Waals surface area contributed by atoms with E-state index in [0.717, 1.165) is 30.7 Å². The SMILES string of the molecule is COc1ccccc1CNC1CCCCC1(N)c1c[nH]c2ccccc12. The molecule has 0 amide bonds. The van der Waals surface area contributed by atoms with Crippen molar-refractivity contribution >= 4 is 10.9 Å². The Morgan fingerprint density at radius 2 is 1.96 bits per heavy atom. The van der Waals surface area contributed by atoms with Crippen LogP contribution in [0.5, 0.6) is 5.75 Å². The second kappa shape index (κ2) is 7.14. The van der Waals surface area contributed by atoms with Gasteiger partial charge in [-0.3, -0.25) is 0 Å². The molecule has 2 unspecified atom stereocenters. The van der Waals surface area contributed by atoms with Gasteiger partial charge in [0.25, 0.3) is 0 Å². The van der Waals surface area contributed by atoms with E-state index in [1.807, 2.05) is 12.1 Å². The van der Waals surface area contributed by atoms with E-state index in [9.17, 15) is 0 Å². The lowest BCUT2D eigenvalue weighted by atomic mass is 9.73. The van der Waals surface area contributed by atoms with Crippen LogP contribution in [0.2, 0.25) is 0 Å². The van der Waals surface area contributed by atoms with Gasteiger partial charge in [-0.05, 0) is 30.5 Å². The summed E-state index contributed by atoms with van der Waals surface area (Å²) >= 11 is 0. The summed E-state index contributed by atoms with van der Waals surface area (Å²) in [4.78, 5) is 3.40. The molecular formula is C22H27N3O. The number of benzene rings is 2. The largest absolute Gasteiger partial charge is 0.496 e. The number of fused-ring (bicyclic) bond motifs is 1. The number of hydrogen-bond acceptors (Lipinski definition) is 3. The molecule has 2 atom stereocenters. The Morgan fingerprint density at radius 3 is 2.85 bits per heavy atom. The van der Waals surface area contributed by atoms with Crippen molar-refractivity contribution in [1.29, 1.82) is 0 Å². The number of nitrogens with two attached hydrogens (primary N) is 1. The van der Waals surface area contributed by atoms with E-state index in [-0.39, 0.29) is 11.6 Å². The molecule has 0 bridgehead atoms. The molecule has 1 heterocycles. The molecule has 2 aromatic carbocycles. The molecule has 4 nitrogen and oxygen atoms in total. The first-order valence-electron chi connectivity index (χ1n) is 9.43. The van der Waals surface area contributed by atoms with E-state index in [1.54, 1.807) is 7.11 Å². The van der Waals surface area contributed by atoms with Crippen molar-refractivity contribution in [3.8, 4) is 5.75 Å². The zero-order valence-corrected chi connectivity index (χ0v) is 15.3. The highest BCUT2D eigenvalue weighted by Gasteiger charge is 2.40. The Kier molecular flexibility index (Phi) is 4.70. The molecule has 1 saturated carbocycles. The highest BCUT2D eigenvalue weighted by atomic mass is 16.5. The number of aromatic amines is 1. The molecule has 3 aromatic rings. The summed E-state index contributed by atoms with van der Waals surface area (Å²) in [5.41, 5.74) is 10.2. The standard InChI is InChI=1S/C22H27N3O/c1-26-20-11-5-2-8-16(20)14-25-21-12-6-7-13-22(21,23)18-15-24-19-10-4-3-9-17(18)19/h2-5,8-11,15,21,24-25H,6-7,12-14,23H2,1H3. The molecular weight excluding hydrogens is 322 g/mol. The Morgan fingerprint density at radius 1 is 1.15 bits per heavy atom. The summed E-state index contributed by atoms with van der Waals surface area (Å²) in [5.74, 6) is 0.922.